The Balaban J connectivity index is 1.80. The molecule has 1 saturated carbocycles. The first-order chi connectivity index (χ1) is 11.2. The van der Waals surface area contributed by atoms with Crippen LogP contribution in [0.15, 0.2) is 48.7 Å². The van der Waals surface area contributed by atoms with Gasteiger partial charge in [0.25, 0.3) is 5.91 Å². The first-order valence-electron chi connectivity index (χ1n) is 8.03. The maximum Gasteiger partial charge on any atom is 0.273 e. The summed E-state index contributed by atoms with van der Waals surface area (Å²) in [6.45, 7) is 2.08. The molecule has 0 aliphatic heterocycles. The smallest absolute Gasteiger partial charge is 0.273 e. The van der Waals surface area contributed by atoms with Crippen LogP contribution in [0, 0.1) is 0 Å². The number of hydrogen-bond acceptors (Lipinski definition) is 3. The van der Waals surface area contributed by atoms with Crippen molar-refractivity contribution in [3.63, 3.8) is 0 Å². The normalized spacial score (nSPS) is 17.0. The van der Waals surface area contributed by atoms with Crippen LogP contribution in [-0.4, -0.2) is 24.0 Å². The Bertz CT molecular complexity index is 681. The largest absolute Gasteiger partial charge is 0.494 e. The molecule has 2 aromatic rings. The molecule has 1 aromatic heterocycles. The van der Waals surface area contributed by atoms with Crippen molar-refractivity contribution in [1.29, 1.82) is 0 Å². The van der Waals surface area contributed by atoms with Crippen molar-refractivity contribution in [2.24, 2.45) is 0 Å². The van der Waals surface area contributed by atoms with Gasteiger partial charge in [-0.1, -0.05) is 36.8 Å². The molecule has 4 heteroatoms. The number of nitrogens with one attached hydrogen (secondary N) is 1. The molecular weight excluding hydrogens is 288 g/mol. The summed E-state index contributed by atoms with van der Waals surface area (Å²) in [7, 11) is 1.55. The Hall–Kier alpha value is -2.36. The van der Waals surface area contributed by atoms with E-state index in [0.717, 1.165) is 12.8 Å². The number of rotatable bonds is 5. The summed E-state index contributed by atoms with van der Waals surface area (Å²) in [5, 5.41) is 3.13. The van der Waals surface area contributed by atoms with Gasteiger partial charge in [0.05, 0.1) is 7.11 Å². The second kappa shape index (κ2) is 6.41. The van der Waals surface area contributed by atoms with Gasteiger partial charge in [0, 0.05) is 17.7 Å². The highest BCUT2D eigenvalue weighted by Crippen LogP contribution is 2.46. The Morgan fingerprint density at radius 3 is 2.57 bits per heavy atom. The van der Waals surface area contributed by atoms with Gasteiger partial charge in [-0.2, -0.15) is 0 Å². The molecule has 0 saturated heterocycles. The summed E-state index contributed by atoms with van der Waals surface area (Å²) in [5.74, 6) is 0.316. The van der Waals surface area contributed by atoms with Crippen LogP contribution in [-0.2, 0) is 5.41 Å². The minimum absolute atomic E-state index is 0.0267. The molecule has 1 atom stereocenters. The maximum atomic E-state index is 12.6. The van der Waals surface area contributed by atoms with Crippen LogP contribution in [0.3, 0.4) is 0 Å². The molecule has 1 heterocycles. The monoisotopic (exact) mass is 310 g/mol. The fourth-order valence-corrected chi connectivity index (χ4v) is 3.43. The predicted molar refractivity (Wildman–Crippen MR) is 89.7 cm³/mol. The lowest BCUT2D eigenvalue weighted by Gasteiger charge is -2.47. The number of amides is 1. The Morgan fingerprint density at radius 1 is 1.22 bits per heavy atom. The van der Waals surface area contributed by atoms with E-state index in [2.05, 4.69) is 41.5 Å². The molecule has 120 valence electrons. The van der Waals surface area contributed by atoms with Crippen LogP contribution >= 0.6 is 0 Å². The van der Waals surface area contributed by atoms with Gasteiger partial charge in [-0.25, -0.2) is 4.98 Å². The lowest BCUT2D eigenvalue weighted by Crippen LogP contribution is -2.52. The minimum Gasteiger partial charge on any atom is -0.494 e. The SMILES string of the molecule is COc1cccnc1C(=O)NC(C)C1(c2ccccc2)CCC1. The number of ether oxygens (including phenoxy) is 1. The molecule has 1 unspecified atom stereocenters. The second-order valence-electron chi connectivity index (χ2n) is 6.13. The zero-order chi connectivity index (χ0) is 16.3. The van der Waals surface area contributed by atoms with Gasteiger partial charge >= 0.3 is 0 Å². The van der Waals surface area contributed by atoms with Gasteiger partial charge in [0.2, 0.25) is 0 Å². The molecule has 3 rings (SSSR count). The lowest BCUT2D eigenvalue weighted by molar-refractivity contribution is 0.0873. The fraction of sp³-hybridized carbons (Fsp3) is 0.368. The van der Waals surface area contributed by atoms with E-state index in [4.69, 9.17) is 4.74 Å². The number of hydrogen-bond donors (Lipinski definition) is 1. The highest BCUT2D eigenvalue weighted by atomic mass is 16.5. The third kappa shape index (κ3) is 2.81. The summed E-state index contributed by atoms with van der Waals surface area (Å²) in [5.41, 5.74) is 1.66. The number of pyridine rings is 1. The van der Waals surface area contributed by atoms with E-state index >= 15 is 0 Å². The number of aromatic nitrogens is 1. The van der Waals surface area contributed by atoms with Crippen LogP contribution in [0.2, 0.25) is 0 Å². The van der Waals surface area contributed by atoms with E-state index in [1.165, 1.54) is 12.0 Å². The van der Waals surface area contributed by atoms with Gasteiger partial charge < -0.3 is 10.1 Å². The zero-order valence-electron chi connectivity index (χ0n) is 13.6. The Labute approximate surface area is 136 Å². The van der Waals surface area contributed by atoms with E-state index in [1.54, 1.807) is 25.4 Å². The van der Waals surface area contributed by atoms with Gasteiger partial charge in [-0.3, -0.25) is 4.79 Å². The van der Waals surface area contributed by atoms with Crippen LogP contribution in [0.5, 0.6) is 5.75 Å². The molecule has 23 heavy (non-hydrogen) atoms. The van der Waals surface area contributed by atoms with E-state index < -0.39 is 0 Å². The third-order valence-corrected chi connectivity index (χ3v) is 4.98. The average molecular weight is 310 g/mol. The summed E-state index contributed by atoms with van der Waals surface area (Å²) >= 11 is 0. The van der Waals surface area contributed by atoms with Gasteiger partial charge in [0.15, 0.2) is 5.69 Å². The molecule has 0 spiro atoms. The van der Waals surface area contributed by atoms with Gasteiger partial charge in [0.1, 0.15) is 5.75 Å². The molecule has 4 nitrogen and oxygen atoms in total. The standard InChI is InChI=1S/C19H22N2O2/c1-14(19(11-7-12-19)15-8-4-3-5-9-15)21-18(22)17-16(23-2)10-6-13-20-17/h3-6,8-10,13-14H,7,11-12H2,1-2H3,(H,21,22). The van der Waals surface area contributed by atoms with Crippen LogP contribution < -0.4 is 10.1 Å². The van der Waals surface area contributed by atoms with Crippen molar-refractivity contribution in [2.75, 3.05) is 7.11 Å². The number of nitrogens with zero attached hydrogens (tertiary/aromatic N) is 1. The van der Waals surface area contributed by atoms with E-state index in [-0.39, 0.29) is 17.4 Å². The molecule has 1 aromatic carbocycles. The molecule has 1 N–H and O–H groups in total. The first-order valence-corrected chi connectivity index (χ1v) is 8.03. The maximum absolute atomic E-state index is 12.6. The fourth-order valence-electron chi connectivity index (χ4n) is 3.43. The molecule has 1 aliphatic carbocycles. The molecule has 1 aliphatic rings. The number of carbonyl (C=O) groups is 1. The van der Waals surface area contributed by atoms with Crippen molar-refractivity contribution < 1.29 is 9.53 Å². The molecule has 1 fully saturated rings. The molecule has 1 amide bonds. The van der Waals surface area contributed by atoms with Crippen LogP contribution in [0.4, 0.5) is 0 Å². The molecular formula is C19H22N2O2. The highest BCUT2D eigenvalue weighted by molar-refractivity contribution is 5.95. The van der Waals surface area contributed by atoms with Gasteiger partial charge in [-0.15, -0.1) is 0 Å². The summed E-state index contributed by atoms with van der Waals surface area (Å²) in [6.07, 6.45) is 5.00. The van der Waals surface area contributed by atoms with Crippen LogP contribution in [0.25, 0.3) is 0 Å². The summed E-state index contributed by atoms with van der Waals surface area (Å²) in [4.78, 5) is 16.8. The van der Waals surface area contributed by atoms with E-state index in [0.29, 0.717) is 11.4 Å². The Morgan fingerprint density at radius 2 is 1.96 bits per heavy atom. The topological polar surface area (TPSA) is 51.2 Å². The van der Waals surface area contributed by atoms with E-state index in [1.807, 2.05) is 6.07 Å². The average Bonchev–Trinajstić information content (AvgIpc) is 2.54. The van der Waals surface area contributed by atoms with Crippen molar-refractivity contribution in [2.45, 2.75) is 37.6 Å². The molecule has 0 radical (unpaired) electrons. The van der Waals surface area contributed by atoms with Gasteiger partial charge in [-0.05, 0) is 37.5 Å². The van der Waals surface area contributed by atoms with E-state index in [9.17, 15) is 4.79 Å². The summed E-state index contributed by atoms with van der Waals surface area (Å²) in [6, 6.07) is 14.0. The first kappa shape index (κ1) is 15.5. The second-order valence-corrected chi connectivity index (χ2v) is 6.13. The minimum atomic E-state index is -0.183. The molecule has 0 bridgehead atoms. The number of methoxy groups -OCH3 is 1. The predicted octanol–water partition coefficient (Wildman–Crippen LogP) is 3.33. The van der Waals surface area contributed by atoms with Crippen molar-refractivity contribution >= 4 is 5.91 Å². The van der Waals surface area contributed by atoms with Crippen molar-refractivity contribution in [3.8, 4) is 5.75 Å². The number of benzene rings is 1. The zero-order valence-corrected chi connectivity index (χ0v) is 13.6. The Kier molecular flexibility index (Phi) is 4.33. The summed E-state index contributed by atoms with van der Waals surface area (Å²) < 4.78 is 5.24. The van der Waals surface area contributed by atoms with Crippen molar-refractivity contribution in [3.05, 3.63) is 59.9 Å². The highest BCUT2D eigenvalue weighted by Gasteiger charge is 2.44. The lowest BCUT2D eigenvalue weighted by atomic mass is 9.60. The quantitative estimate of drug-likeness (QED) is 0.921. The van der Waals surface area contributed by atoms with Crippen LogP contribution in [0.1, 0.15) is 42.2 Å². The van der Waals surface area contributed by atoms with Crippen molar-refractivity contribution in [1.82, 2.24) is 10.3 Å². The third-order valence-electron chi connectivity index (χ3n) is 4.98. The number of carbonyl (C=O) groups excluding carboxylic acids is 1.